The van der Waals surface area contributed by atoms with Crippen molar-refractivity contribution in [1.29, 1.82) is 0 Å². The second kappa shape index (κ2) is 8.98. The molecule has 1 saturated heterocycles. The van der Waals surface area contributed by atoms with Crippen molar-refractivity contribution in [2.75, 3.05) is 6.61 Å². The van der Waals surface area contributed by atoms with E-state index in [-0.39, 0.29) is 11.7 Å². The zero-order chi connectivity index (χ0) is 21.2. The molecule has 1 fully saturated rings. The van der Waals surface area contributed by atoms with Gasteiger partial charge in [-0.05, 0) is 46.5 Å². The second-order valence-electron chi connectivity index (χ2n) is 7.49. The number of thioether (sulfide) groups is 1. The molecule has 0 aliphatic carbocycles. The van der Waals surface area contributed by atoms with E-state index in [1.165, 1.54) is 0 Å². The SMILES string of the molecule is O=c1cc(CSc2ncc(-c3ccccc3)n2CC2CCCO2)nc2ccc(Br)cn12. The van der Waals surface area contributed by atoms with Crippen molar-refractivity contribution in [1.82, 2.24) is 18.9 Å². The largest absolute Gasteiger partial charge is 0.376 e. The van der Waals surface area contributed by atoms with Gasteiger partial charge in [-0.2, -0.15) is 0 Å². The minimum atomic E-state index is -0.0884. The van der Waals surface area contributed by atoms with Crippen molar-refractivity contribution in [3.63, 3.8) is 0 Å². The number of rotatable bonds is 6. The number of benzene rings is 1. The predicted molar refractivity (Wildman–Crippen MR) is 125 cm³/mol. The molecule has 6 nitrogen and oxygen atoms in total. The minimum Gasteiger partial charge on any atom is -0.376 e. The maximum absolute atomic E-state index is 12.5. The van der Waals surface area contributed by atoms with Gasteiger partial charge in [0.25, 0.3) is 5.56 Å². The van der Waals surface area contributed by atoms with Gasteiger partial charge in [0.15, 0.2) is 5.16 Å². The molecule has 1 aliphatic rings. The van der Waals surface area contributed by atoms with E-state index in [0.29, 0.717) is 11.4 Å². The number of nitrogens with zero attached hydrogens (tertiary/aromatic N) is 4. The Morgan fingerprint density at radius 3 is 2.87 bits per heavy atom. The molecule has 1 unspecified atom stereocenters. The minimum absolute atomic E-state index is 0.0884. The number of ether oxygens (including phenoxy) is 1. The standard InChI is InChI=1S/C23H21BrN4O2S/c24-17-8-9-21-26-18(11-22(29)28(21)13-17)15-31-23-25-12-20(16-5-2-1-3-6-16)27(23)14-19-7-4-10-30-19/h1-3,5-6,8-9,11-13,19H,4,7,10,14-15H2. The molecule has 1 aliphatic heterocycles. The zero-order valence-electron chi connectivity index (χ0n) is 16.8. The number of pyridine rings is 1. The van der Waals surface area contributed by atoms with Crippen LogP contribution in [0.2, 0.25) is 0 Å². The third kappa shape index (κ3) is 4.46. The van der Waals surface area contributed by atoms with E-state index in [0.717, 1.165) is 52.6 Å². The Kier molecular flexibility index (Phi) is 5.93. The fourth-order valence-electron chi connectivity index (χ4n) is 3.82. The molecular formula is C23H21BrN4O2S. The van der Waals surface area contributed by atoms with Crippen molar-refractivity contribution >= 4 is 33.3 Å². The van der Waals surface area contributed by atoms with Gasteiger partial charge >= 0.3 is 0 Å². The molecule has 8 heteroatoms. The first-order valence-electron chi connectivity index (χ1n) is 10.2. The number of aromatic nitrogens is 4. The van der Waals surface area contributed by atoms with Crippen LogP contribution in [0.25, 0.3) is 16.9 Å². The van der Waals surface area contributed by atoms with Crippen LogP contribution in [0, 0.1) is 0 Å². The average Bonchev–Trinajstić information content (AvgIpc) is 3.44. The highest BCUT2D eigenvalue weighted by molar-refractivity contribution is 9.10. The van der Waals surface area contributed by atoms with Crippen LogP contribution >= 0.6 is 27.7 Å². The third-order valence-corrected chi connectivity index (χ3v) is 6.82. The van der Waals surface area contributed by atoms with Gasteiger partial charge in [0, 0.05) is 29.1 Å². The summed E-state index contributed by atoms with van der Waals surface area (Å²) < 4.78 is 10.5. The van der Waals surface area contributed by atoms with Crippen LogP contribution in [0.5, 0.6) is 0 Å². The van der Waals surface area contributed by atoms with Crippen molar-refractivity contribution in [3.8, 4) is 11.3 Å². The molecule has 0 spiro atoms. The predicted octanol–water partition coefficient (Wildman–Crippen LogP) is 4.79. The van der Waals surface area contributed by atoms with E-state index in [1.54, 1.807) is 28.4 Å². The first kappa shape index (κ1) is 20.5. The fourth-order valence-corrected chi connectivity index (χ4v) is 5.04. The normalized spacial score (nSPS) is 16.2. The van der Waals surface area contributed by atoms with E-state index in [2.05, 4.69) is 37.6 Å². The van der Waals surface area contributed by atoms with Crippen LogP contribution in [-0.2, 0) is 17.0 Å². The summed E-state index contributed by atoms with van der Waals surface area (Å²) in [5.74, 6) is 0.568. The maximum Gasteiger partial charge on any atom is 0.258 e. The van der Waals surface area contributed by atoms with Gasteiger partial charge in [0.1, 0.15) is 5.65 Å². The molecule has 158 valence electrons. The number of fused-ring (bicyclic) bond motifs is 1. The lowest BCUT2D eigenvalue weighted by atomic mass is 10.1. The Hall–Kier alpha value is -2.42. The highest BCUT2D eigenvalue weighted by Crippen LogP contribution is 2.29. The van der Waals surface area contributed by atoms with Crippen LogP contribution in [-0.4, -0.2) is 31.6 Å². The fraction of sp³-hybridized carbons (Fsp3) is 0.261. The third-order valence-electron chi connectivity index (χ3n) is 5.32. The van der Waals surface area contributed by atoms with Gasteiger partial charge in [-0.3, -0.25) is 9.20 Å². The Balaban J connectivity index is 1.43. The zero-order valence-corrected chi connectivity index (χ0v) is 19.2. The lowest BCUT2D eigenvalue weighted by molar-refractivity contribution is 0.0954. The van der Waals surface area contributed by atoms with E-state index in [4.69, 9.17) is 9.72 Å². The average molecular weight is 497 g/mol. The van der Waals surface area contributed by atoms with Gasteiger partial charge in [-0.15, -0.1) is 0 Å². The van der Waals surface area contributed by atoms with Gasteiger partial charge in [0.05, 0.1) is 30.2 Å². The lowest BCUT2D eigenvalue weighted by Gasteiger charge is -2.16. The Bertz CT molecular complexity index is 1270. The van der Waals surface area contributed by atoms with Crippen LogP contribution in [0.15, 0.2) is 75.3 Å². The Labute approximate surface area is 192 Å². The summed E-state index contributed by atoms with van der Waals surface area (Å²) in [6, 6.07) is 15.6. The summed E-state index contributed by atoms with van der Waals surface area (Å²) in [6.45, 7) is 1.60. The summed E-state index contributed by atoms with van der Waals surface area (Å²) in [5, 5.41) is 0.909. The lowest BCUT2D eigenvalue weighted by Crippen LogP contribution is -2.17. The van der Waals surface area contributed by atoms with Crippen molar-refractivity contribution in [2.45, 2.75) is 36.4 Å². The van der Waals surface area contributed by atoms with Crippen LogP contribution in [0.4, 0.5) is 0 Å². The smallest absolute Gasteiger partial charge is 0.258 e. The molecule has 4 aromatic rings. The summed E-state index contributed by atoms with van der Waals surface area (Å²) in [6.07, 6.45) is 6.03. The van der Waals surface area contributed by atoms with E-state index < -0.39 is 0 Å². The van der Waals surface area contributed by atoms with E-state index in [9.17, 15) is 4.79 Å². The van der Waals surface area contributed by atoms with Gasteiger partial charge in [-0.25, -0.2) is 9.97 Å². The number of hydrogen-bond acceptors (Lipinski definition) is 5. The summed E-state index contributed by atoms with van der Waals surface area (Å²) in [7, 11) is 0. The highest BCUT2D eigenvalue weighted by Gasteiger charge is 2.21. The number of imidazole rings is 1. The van der Waals surface area contributed by atoms with Gasteiger partial charge in [-0.1, -0.05) is 42.1 Å². The molecule has 1 aromatic carbocycles. The quantitative estimate of drug-likeness (QED) is 0.359. The van der Waals surface area contributed by atoms with Gasteiger partial charge in [0.2, 0.25) is 0 Å². The first-order valence-corrected chi connectivity index (χ1v) is 12.0. The number of halogens is 1. The molecule has 31 heavy (non-hydrogen) atoms. The summed E-state index contributed by atoms with van der Waals surface area (Å²) in [4.78, 5) is 21.9. The molecule has 1 atom stereocenters. The Morgan fingerprint density at radius 2 is 2.06 bits per heavy atom. The molecule has 0 N–H and O–H groups in total. The van der Waals surface area contributed by atoms with E-state index >= 15 is 0 Å². The van der Waals surface area contributed by atoms with Crippen molar-refractivity contribution in [3.05, 3.63) is 81.4 Å². The maximum atomic E-state index is 12.5. The van der Waals surface area contributed by atoms with Crippen molar-refractivity contribution in [2.24, 2.45) is 0 Å². The molecule has 5 rings (SSSR count). The monoisotopic (exact) mass is 496 g/mol. The topological polar surface area (TPSA) is 61.4 Å². The summed E-state index contributed by atoms with van der Waals surface area (Å²) >= 11 is 4.99. The molecular weight excluding hydrogens is 476 g/mol. The van der Waals surface area contributed by atoms with Crippen LogP contribution in [0.3, 0.4) is 0 Å². The second-order valence-corrected chi connectivity index (χ2v) is 9.35. The molecule has 3 aromatic heterocycles. The Morgan fingerprint density at radius 1 is 1.19 bits per heavy atom. The van der Waals surface area contributed by atoms with Gasteiger partial charge < -0.3 is 9.30 Å². The molecule has 0 radical (unpaired) electrons. The van der Waals surface area contributed by atoms with Crippen molar-refractivity contribution < 1.29 is 4.74 Å². The molecule has 0 amide bonds. The highest BCUT2D eigenvalue weighted by atomic mass is 79.9. The van der Waals surface area contributed by atoms with E-state index in [1.807, 2.05) is 36.5 Å². The molecule has 4 heterocycles. The molecule has 0 saturated carbocycles. The first-order chi connectivity index (χ1) is 15.2. The summed E-state index contributed by atoms with van der Waals surface area (Å²) in [5.41, 5.74) is 3.50. The number of hydrogen-bond donors (Lipinski definition) is 0. The molecule has 0 bridgehead atoms. The van der Waals surface area contributed by atoms with Crippen LogP contribution < -0.4 is 5.56 Å². The van der Waals surface area contributed by atoms with Crippen LogP contribution in [0.1, 0.15) is 18.5 Å².